The van der Waals surface area contributed by atoms with Crippen LogP contribution in [0.1, 0.15) is 62.7 Å². The summed E-state index contributed by atoms with van der Waals surface area (Å²) in [7, 11) is 3.13. The second kappa shape index (κ2) is 20.7. The molecule has 75 heavy (non-hydrogen) atoms. The number of aryl methyl sites for hydroxylation is 2. The summed E-state index contributed by atoms with van der Waals surface area (Å²) in [5, 5.41) is 29.5. The van der Waals surface area contributed by atoms with Crippen LogP contribution in [-0.4, -0.2) is 119 Å². The number of rotatable bonds is 14. The van der Waals surface area contributed by atoms with Crippen molar-refractivity contribution < 1.29 is 55.5 Å². The minimum Gasteiger partial charge on any atom is -0.480 e. The van der Waals surface area contributed by atoms with E-state index >= 15 is 0 Å². The number of nitrogens with one attached hydrogen (secondary N) is 2. The average Bonchev–Trinajstić information content (AvgIpc) is 4.22. The molecule has 0 amide bonds. The fourth-order valence-corrected chi connectivity index (χ4v) is 10.9. The summed E-state index contributed by atoms with van der Waals surface area (Å²) in [5.41, 5.74) is 4.72. The van der Waals surface area contributed by atoms with E-state index in [0.29, 0.717) is 47.7 Å². The van der Waals surface area contributed by atoms with Gasteiger partial charge < -0.3 is 48.9 Å². The predicted octanol–water partition coefficient (Wildman–Crippen LogP) is 9.55. The molecule has 0 bridgehead atoms. The van der Waals surface area contributed by atoms with Crippen molar-refractivity contribution >= 4 is 55.5 Å². The molecule has 2 saturated carbocycles. The van der Waals surface area contributed by atoms with Crippen molar-refractivity contribution in [3.8, 4) is 11.8 Å². The average molecular weight is 1040 g/mol. The van der Waals surface area contributed by atoms with Crippen molar-refractivity contribution in [2.75, 3.05) is 37.9 Å². The lowest BCUT2D eigenvalue weighted by molar-refractivity contribution is -0.160. The topological polar surface area (TPSA) is 189 Å². The van der Waals surface area contributed by atoms with Crippen LogP contribution in [-0.2, 0) is 22.3 Å². The van der Waals surface area contributed by atoms with E-state index in [4.69, 9.17) is 18.9 Å². The molecule has 396 valence electrons. The third-order valence-electron chi connectivity index (χ3n) is 14.4. The quantitative estimate of drug-likeness (QED) is 0.0754. The highest BCUT2D eigenvalue weighted by Crippen LogP contribution is 2.49. The Morgan fingerprint density at radius 2 is 1.08 bits per heavy atom. The zero-order valence-corrected chi connectivity index (χ0v) is 41.4. The highest BCUT2D eigenvalue weighted by Gasteiger charge is 2.54. The molecule has 2 aliphatic carbocycles. The third-order valence-corrected chi connectivity index (χ3v) is 14.4. The molecule has 8 atom stereocenters. The van der Waals surface area contributed by atoms with Gasteiger partial charge >= 0.3 is 12.4 Å². The van der Waals surface area contributed by atoms with E-state index in [1.54, 1.807) is 25.3 Å². The number of hydrogen-bond acceptors (Lipinski definition) is 14. The summed E-state index contributed by atoms with van der Waals surface area (Å²) in [4.78, 5) is 25.9. The minimum atomic E-state index is -4.32. The maximum atomic E-state index is 12.6. The van der Waals surface area contributed by atoms with Gasteiger partial charge in [0.05, 0.1) is 60.3 Å². The van der Waals surface area contributed by atoms with E-state index in [9.17, 15) is 36.6 Å². The van der Waals surface area contributed by atoms with E-state index in [1.165, 1.54) is 25.8 Å². The molecule has 6 aromatic heterocycles. The molecule has 0 radical (unpaired) electrons. The lowest BCUT2D eigenvalue weighted by Gasteiger charge is -2.24. The monoisotopic (exact) mass is 1040 g/mol. The number of fused-ring (bicyclic) bond motifs is 5. The lowest BCUT2D eigenvalue weighted by atomic mass is 9.95. The summed E-state index contributed by atoms with van der Waals surface area (Å²) in [6, 6.07) is 21.8. The summed E-state index contributed by atoms with van der Waals surface area (Å²) in [5.74, 6) is 0.765. The minimum absolute atomic E-state index is 0.0411. The first-order chi connectivity index (χ1) is 35.8. The van der Waals surface area contributed by atoms with Crippen LogP contribution in [0.15, 0.2) is 97.8 Å². The lowest BCUT2D eigenvalue weighted by Crippen LogP contribution is -2.29. The van der Waals surface area contributed by atoms with Crippen molar-refractivity contribution in [2.45, 2.75) is 107 Å². The molecule has 1 saturated heterocycles. The predicted molar refractivity (Wildman–Crippen MR) is 268 cm³/mol. The van der Waals surface area contributed by atoms with Crippen LogP contribution in [0, 0.1) is 11.8 Å². The number of aliphatic hydroxyl groups excluding tert-OH is 2. The third kappa shape index (κ3) is 11.2. The second-order valence-electron chi connectivity index (χ2n) is 19.8. The first-order valence-electron chi connectivity index (χ1n) is 24.7. The molecule has 3 aliphatic rings. The number of aromatic nitrogens is 8. The molecule has 3 fully saturated rings. The normalized spacial score (nSPS) is 23.4. The SMILES string of the molecule is COc1ncnc2c1ccn2[C@@H]1C[C@H](CCc2ccc3ccc(NCC(F)(F)F)nc3c2)[C@@H](O)[C@H]1O.COc1ncnc2c1ccn2[C@@H]1C[C@H](CCc2ccc3ccc(NCC(F)(F)F)nc3c2)[C@H]2OC(C)(C)O[C@H]21. The molecule has 22 heteroatoms. The molecular formula is C53H56F6N10O6. The number of methoxy groups -OCH3 is 2. The van der Waals surface area contributed by atoms with E-state index in [0.717, 1.165) is 57.6 Å². The number of hydrogen-bond donors (Lipinski definition) is 4. The second-order valence-corrected chi connectivity index (χ2v) is 19.8. The smallest absolute Gasteiger partial charge is 0.405 e. The Bertz CT molecular complexity index is 3320. The summed E-state index contributed by atoms with van der Waals surface area (Å²) >= 11 is 0. The Hall–Kier alpha value is -6.88. The maximum Gasteiger partial charge on any atom is 0.405 e. The van der Waals surface area contributed by atoms with Crippen molar-refractivity contribution in [1.82, 2.24) is 39.0 Å². The summed E-state index contributed by atoms with van der Waals surface area (Å²) < 4.78 is 103. The van der Waals surface area contributed by atoms with Crippen LogP contribution in [0.3, 0.4) is 0 Å². The first-order valence-corrected chi connectivity index (χ1v) is 24.7. The molecule has 7 heterocycles. The van der Waals surface area contributed by atoms with Gasteiger partial charge in [-0.05, 0) is 124 Å². The van der Waals surface area contributed by atoms with Crippen molar-refractivity contribution in [2.24, 2.45) is 11.8 Å². The molecule has 0 unspecified atom stereocenters. The fraction of sp³-hybridized carbons (Fsp3) is 0.434. The van der Waals surface area contributed by atoms with E-state index < -0.39 is 43.4 Å². The van der Waals surface area contributed by atoms with Crippen molar-refractivity contribution in [1.29, 1.82) is 0 Å². The van der Waals surface area contributed by atoms with Gasteiger partial charge in [0.15, 0.2) is 5.79 Å². The number of alkyl halides is 6. The van der Waals surface area contributed by atoms with Crippen LogP contribution >= 0.6 is 0 Å². The van der Waals surface area contributed by atoms with Gasteiger partial charge in [-0.25, -0.2) is 29.9 Å². The van der Waals surface area contributed by atoms with Gasteiger partial charge in [0.2, 0.25) is 11.8 Å². The summed E-state index contributed by atoms with van der Waals surface area (Å²) in [6.45, 7) is 1.61. The Balaban J connectivity index is 0.000000172. The number of anilines is 2. The Morgan fingerprint density at radius 1 is 0.613 bits per heavy atom. The van der Waals surface area contributed by atoms with E-state index in [1.807, 2.05) is 73.3 Å². The van der Waals surface area contributed by atoms with Crippen LogP contribution in [0.25, 0.3) is 43.9 Å². The van der Waals surface area contributed by atoms with E-state index in [2.05, 4.69) is 51.2 Å². The Kier molecular flexibility index (Phi) is 14.2. The molecule has 11 rings (SSSR count). The highest BCUT2D eigenvalue weighted by molar-refractivity contribution is 5.83. The number of benzene rings is 2. The Labute approximate surface area is 426 Å². The van der Waals surface area contributed by atoms with Crippen LogP contribution in [0.4, 0.5) is 38.0 Å². The van der Waals surface area contributed by atoms with Crippen molar-refractivity contribution in [3.63, 3.8) is 0 Å². The number of halogens is 6. The van der Waals surface area contributed by atoms with Gasteiger partial charge in [0, 0.05) is 23.2 Å². The van der Waals surface area contributed by atoms with Gasteiger partial charge in [-0.1, -0.05) is 24.3 Å². The molecular weight excluding hydrogens is 987 g/mol. The van der Waals surface area contributed by atoms with Gasteiger partial charge in [0.1, 0.15) is 60.9 Å². The number of nitrogens with zero attached hydrogens (tertiary/aromatic N) is 8. The van der Waals surface area contributed by atoms with Crippen LogP contribution in [0.2, 0.25) is 0 Å². The molecule has 4 N–H and O–H groups in total. The molecule has 1 aliphatic heterocycles. The maximum absolute atomic E-state index is 12.6. The molecule has 8 aromatic rings. The fourth-order valence-electron chi connectivity index (χ4n) is 10.9. The zero-order valence-electron chi connectivity index (χ0n) is 41.4. The van der Waals surface area contributed by atoms with Gasteiger partial charge in [0.25, 0.3) is 0 Å². The molecule has 2 aromatic carbocycles. The van der Waals surface area contributed by atoms with E-state index in [-0.39, 0.29) is 47.8 Å². The number of aliphatic hydroxyl groups is 2. The number of pyridine rings is 2. The zero-order chi connectivity index (χ0) is 52.8. The standard InChI is InChI=1S/C28H30F3N5O3.C25H26F3N5O3/c1-27(2)38-23-18(13-21(24(23)39-27)36-11-10-19-25(36)33-15-34-26(19)37-3)7-5-16-4-6-17-8-9-22(35-20(17)12-16)32-14-28(29,30)31;1-36-24-17-8-9-33(23(17)30-13-31-24)19-11-16(21(34)22(19)35)5-3-14-2-4-15-6-7-20(32-18(15)10-14)29-12-25(26,27)28/h4,6,8-12,15,18,21,23-24H,5,7,13-14H2,1-3H3,(H,32,35);2,4,6-10,13,16,19,21-22,34-35H,3,5,11-12H2,1H3,(H,29,32)/t18-,21+,23+,24-;16-,19+,21+,22-/m00/s1. The van der Waals surface area contributed by atoms with Crippen LogP contribution < -0.4 is 20.1 Å². The van der Waals surface area contributed by atoms with Crippen LogP contribution in [0.5, 0.6) is 11.8 Å². The molecule has 16 nitrogen and oxygen atoms in total. The Morgan fingerprint density at radius 3 is 1.59 bits per heavy atom. The van der Waals surface area contributed by atoms with Gasteiger partial charge in [-0.3, -0.25) is 0 Å². The van der Waals surface area contributed by atoms with Crippen molar-refractivity contribution in [3.05, 3.63) is 109 Å². The largest absolute Gasteiger partial charge is 0.480 e. The molecule has 0 spiro atoms. The van der Waals surface area contributed by atoms with Gasteiger partial charge in [-0.2, -0.15) is 26.3 Å². The highest BCUT2D eigenvalue weighted by atomic mass is 19.4. The number of ether oxygens (including phenoxy) is 4. The van der Waals surface area contributed by atoms with Gasteiger partial charge in [-0.15, -0.1) is 0 Å². The summed E-state index contributed by atoms with van der Waals surface area (Å²) in [6.07, 6.45) is 0.419. The first kappa shape index (κ1) is 51.6.